The lowest BCUT2D eigenvalue weighted by atomic mass is 10.0. The van der Waals surface area contributed by atoms with Gasteiger partial charge in [0.15, 0.2) is 4.80 Å². The average molecular weight is 497 g/mol. The molecular weight excluding hydrogens is 469 g/mol. The minimum absolute atomic E-state index is 0.166. The second-order valence-corrected chi connectivity index (χ2v) is 11.0. The van der Waals surface area contributed by atoms with Crippen LogP contribution in [0.2, 0.25) is 0 Å². The lowest BCUT2D eigenvalue weighted by Gasteiger charge is -2.25. The van der Waals surface area contributed by atoms with Gasteiger partial charge in [0.1, 0.15) is 5.60 Å². The number of fused-ring (bicyclic) bond motifs is 1. The van der Waals surface area contributed by atoms with Crippen molar-refractivity contribution in [2.75, 3.05) is 26.2 Å². The monoisotopic (exact) mass is 496 g/mol. The number of aromatic nitrogens is 1. The van der Waals surface area contributed by atoms with Gasteiger partial charge in [0.25, 0.3) is 0 Å². The molecule has 0 aliphatic carbocycles. The van der Waals surface area contributed by atoms with Gasteiger partial charge in [-0.2, -0.15) is 18.2 Å². The normalized spacial score (nSPS) is 21.2. The van der Waals surface area contributed by atoms with Crippen LogP contribution in [-0.2, 0) is 10.9 Å². The molecular formula is C23H27F3N4O3S. The second kappa shape index (κ2) is 8.75. The first-order chi connectivity index (χ1) is 15.8. The van der Waals surface area contributed by atoms with Crippen molar-refractivity contribution < 1.29 is 27.5 Å². The molecule has 2 atom stereocenters. The van der Waals surface area contributed by atoms with Gasteiger partial charge in [-0.15, -0.1) is 11.3 Å². The molecule has 1 aromatic heterocycles. The Hall–Kier alpha value is -2.82. The number of hydrogen-bond donors (Lipinski definition) is 0. The largest absolute Gasteiger partial charge is 0.444 e. The zero-order valence-electron chi connectivity index (χ0n) is 19.4. The SMILES string of the molecule is Cc1cn(-c2ccc(C(F)(F)F)cc2)/c(=N/C(=O)N2CC3CN(C(=O)OC(C)(C)C)CC3C2)s1. The number of amides is 3. The van der Waals surface area contributed by atoms with Crippen molar-refractivity contribution >= 4 is 23.5 Å². The van der Waals surface area contributed by atoms with Crippen LogP contribution >= 0.6 is 11.3 Å². The molecule has 0 bridgehead atoms. The standard InChI is InChI=1S/C23H27F3N4O3S/c1-14-9-30(18-7-5-17(6-8-18)23(24,25)26)20(34-14)27-19(31)28-10-15-12-29(13-16(15)11-28)21(32)33-22(2,3)4/h5-9,15-16H,10-13H2,1-4H3/b27-20-. The molecule has 2 fully saturated rings. The zero-order valence-corrected chi connectivity index (χ0v) is 20.2. The number of halogens is 3. The summed E-state index contributed by atoms with van der Waals surface area (Å²) < 4.78 is 45.7. The van der Waals surface area contributed by atoms with Crippen LogP contribution in [0.1, 0.15) is 31.2 Å². The minimum Gasteiger partial charge on any atom is -0.444 e. The number of alkyl halides is 3. The van der Waals surface area contributed by atoms with E-state index in [1.165, 1.54) is 23.5 Å². The van der Waals surface area contributed by atoms with Gasteiger partial charge >= 0.3 is 18.3 Å². The van der Waals surface area contributed by atoms with E-state index in [9.17, 15) is 22.8 Å². The van der Waals surface area contributed by atoms with Gasteiger partial charge in [0.05, 0.1) is 5.56 Å². The molecule has 0 saturated carbocycles. The van der Waals surface area contributed by atoms with Gasteiger partial charge in [-0.25, -0.2) is 9.59 Å². The number of carbonyl (C=O) groups is 2. The molecule has 0 radical (unpaired) electrons. The summed E-state index contributed by atoms with van der Waals surface area (Å²) in [6.45, 7) is 9.39. The summed E-state index contributed by atoms with van der Waals surface area (Å²) in [5, 5.41) is 0. The number of benzene rings is 1. The van der Waals surface area contributed by atoms with E-state index >= 15 is 0 Å². The minimum atomic E-state index is -4.41. The number of ether oxygens (including phenoxy) is 1. The van der Waals surface area contributed by atoms with Crippen LogP contribution in [0.25, 0.3) is 5.69 Å². The molecule has 2 aliphatic rings. The first-order valence-corrected chi connectivity index (χ1v) is 11.8. The maximum absolute atomic E-state index is 12.9. The van der Waals surface area contributed by atoms with Crippen molar-refractivity contribution in [3.63, 3.8) is 0 Å². The van der Waals surface area contributed by atoms with E-state index in [0.717, 1.165) is 17.0 Å². The predicted octanol–water partition coefficient (Wildman–Crippen LogP) is 4.69. The van der Waals surface area contributed by atoms with Crippen LogP contribution in [0, 0.1) is 18.8 Å². The van der Waals surface area contributed by atoms with Crippen LogP contribution in [-0.4, -0.2) is 58.3 Å². The van der Waals surface area contributed by atoms with Gasteiger partial charge < -0.3 is 14.5 Å². The highest BCUT2D eigenvalue weighted by molar-refractivity contribution is 7.09. The Balaban J connectivity index is 1.46. The average Bonchev–Trinajstić information content (AvgIpc) is 3.39. The number of nitrogens with zero attached hydrogens (tertiary/aromatic N) is 4. The van der Waals surface area contributed by atoms with E-state index in [1.807, 2.05) is 27.7 Å². The van der Waals surface area contributed by atoms with Crippen molar-refractivity contribution in [1.82, 2.24) is 14.4 Å². The maximum Gasteiger partial charge on any atom is 0.416 e. The highest BCUT2D eigenvalue weighted by Gasteiger charge is 2.44. The van der Waals surface area contributed by atoms with Gasteiger partial charge in [-0.1, -0.05) is 0 Å². The molecule has 4 rings (SSSR count). The fourth-order valence-corrected chi connectivity index (χ4v) is 5.13. The molecule has 0 N–H and O–H groups in total. The highest BCUT2D eigenvalue weighted by Crippen LogP contribution is 2.32. The third kappa shape index (κ3) is 5.29. The van der Waals surface area contributed by atoms with Crippen LogP contribution in [0.4, 0.5) is 22.8 Å². The number of carbonyl (C=O) groups excluding carboxylic acids is 2. The number of urea groups is 1. The number of aryl methyl sites for hydroxylation is 1. The number of hydrogen-bond acceptors (Lipinski definition) is 4. The van der Waals surface area contributed by atoms with Gasteiger partial charge in [0, 0.05) is 54.8 Å². The molecule has 3 heterocycles. The molecule has 34 heavy (non-hydrogen) atoms. The van der Waals surface area contributed by atoms with Crippen LogP contribution in [0.3, 0.4) is 0 Å². The van der Waals surface area contributed by atoms with Gasteiger partial charge in [-0.3, -0.25) is 4.57 Å². The Morgan fingerprint density at radius 2 is 1.56 bits per heavy atom. The molecule has 2 unspecified atom stereocenters. The predicted molar refractivity (Wildman–Crippen MR) is 121 cm³/mol. The Labute approximate surface area is 199 Å². The molecule has 2 saturated heterocycles. The van der Waals surface area contributed by atoms with Crippen LogP contribution in [0.5, 0.6) is 0 Å². The molecule has 7 nitrogen and oxygen atoms in total. The molecule has 2 aromatic rings. The molecule has 184 valence electrons. The number of thiazole rings is 1. The molecule has 0 spiro atoms. The topological polar surface area (TPSA) is 67.1 Å². The van der Waals surface area contributed by atoms with Crippen molar-refractivity contribution in [2.45, 2.75) is 39.5 Å². The smallest absolute Gasteiger partial charge is 0.416 e. The van der Waals surface area contributed by atoms with E-state index < -0.39 is 17.3 Å². The Morgan fingerprint density at radius 1 is 1.00 bits per heavy atom. The van der Waals surface area contributed by atoms with E-state index in [1.54, 1.807) is 20.6 Å². The van der Waals surface area contributed by atoms with Crippen molar-refractivity contribution in [3.05, 3.63) is 45.7 Å². The second-order valence-electron chi connectivity index (χ2n) is 9.74. The molecule has 3 amide bonds. The molecule has 1 aromatic carbocycles. The third-order valence-corrected chi connectivity index (χ3v) is 6.74. The van der Waals surface area contributed by atoms with Crippen molar-refractivity contribution in [3.8, 4) is 5.69 Å². The summed E-state index contributed by atoms with van der Waals surface area (Å²) in [5.41, 5.74) is -0.797. The van der Waals surface area contributed by atoms with E-state index in [2.05, 4.69) is 4.99 Å². The van der Waals surface area contributed by atoms with Gasteiger partial charge in [0.2, 0.25) is 0 Å². The molecule has 2 aliphatic heterocycles. The summed E-state index contributed by atoms with van der Waals surface area (Å²) in [4.78, 5) is 34.2. The highest BCUT2D eigenvalue weighted by atomic mass is 32.1. The van der Waals surface area contributed by atoms with E-state index in [0.29, 0.717) is 36.7 Å². The van der Waals surface area contributed by atoms with Crippen LogP contribution < -0.4 is 4.80 Å². The van der Waals surface area contributed by atoms with E-state index in [4.69, 9.17) is 4.74 Å². The first-order valence-electron chi connectivity index (χ1n) is 11.0. The summed E-state index contributed by atoms with van der Waals surface area (Å²) in [6, 6.07) is 4.37. The third-order valence-electron chi connectivity index (χ3n) is 5.84. The lowest BCUT2D eigenvalue weighted by Crippen LogP contribution is -2.38. The van der Waals surface area contributed by atoms with Crippen molar-refractivity contribution in [1.29, 1.82) is 0 Å². The van der Waals surface area contributed by atoms with E-state index in [-0.39, 0.29) is 24.0 Å². The number of likely N-dealkylation sites (tertiary alicyclic amines) is 2. The lowest BCUT2D eigenvalue weighted by molar-refractivity contribution is -0.137. The fraction of sp³-hybridized carbons (Fsp3) is 0.522. The van der Waals surface area contributed by atoms with Crippen molar-refractivity contribution in [2.24, 2.45) is 16.8 Å². The zero-order chi connectivity index (χ0) is 24.8. The maximum atomic E-state index is 12.9. The quantitative estimate of drug-likeness (QED) is 0.576. The fourth-order valence-electron chi connectivity index (χ4n) is 4.31. The van der Waals surface area contributed by atoms with Crippen LogP contribution in [0.15, 0.2) is 35.5 Å². The molecule has 11 heteroatoms. The summed E-state index contributed by atoms with van der Waals surface area (Å²) in [6.07, 6.45) is -3.00. The summed E-state index contributed by atoms with van der Waals surface area (Å²) in [5.74, 6) is 0.331. The first kappa shape index (κ1) is 24.3. The number of rotatable bonds is 1. The summed E-state index contributed by atoms with van der Waals surface area (Å²) in [7, 11) is 0. The van der Waals surface area contributed by atoms with Gasteiger partial charge in [-0.05, 0) is 52.0 Å². The Kier molecular flexibility index (Phi) is 6.26. The Bertz CT molecular complexity index is 1130. The Morgan fingerprint density at radius 3 is 2.09 bits per heavy atom. The summed E-state index contributed by atoms with van der Waals surface area (Å²) >= 11 is 1.29.